The molecule has 1 atom stereocenters. The summed E-state index contributed by atoms with van der Waals surface area (Å²) in [4.78, 5) is 11.9. The van der Waals surface area contributed by atoms with Gasteiger partial charge in [0.15, 0.2) is 5.76 Å². The average Bonchev–Trinajstić information content (AvgIpc) is 3.12. The van der Waals surface area contributed by atoms with E-state index in [9.17, 15) is 13.2 Å². The fraction of sp³-hybridized carbons (Fsp3) is 0.429. The van der Waals surface area contributed by atoms with Crippen LogP contribution in [0.5, 0.6) is 0 Å². The second-order valence-electron chi connectivity index (χ2n) is 5.61. The van der Waals surface area contributed by atoms with Crippen LogP contribution in [0.1, 0.15) is 16.2 Å². The maximum Gasteiger partial charge on any atom is 0.286 e. The van der Waals surface area contributed by atoms with Crippen molar-refractivity contribution in [3.63, 3.8) is 0 Å². The van der Waals surface area contributed by atoms with Gasteiger partial charge in [0.25, 0.3) is 5.91 Å². The largest absolute Gasteiger partial charge is 0.459 e. The molecule has 1 aliphatic heterocycles. The summed E-state index contributed by atoms with van der Waals surface area (Å²) in [5.74, 6) is -0.158. The Bertz CT molecular complexity index is 782. The van der Waals surface area contributed by atoms with Crippen molar-refractivity contribution in [2.45, 2.75) is 13.1 Å². The van der Waals surface area contributed by atoms with Crippen molar-refractivity contribution in [1.29, 1.82) is 0 Å². The summed E-state index contributed by atoms with van der Waals surface area (Å²) in [6, 6.07) is 5.03. The van der Waals surface area contributed by atoms with Crippen molar-refractivity contribution in [3.8, 4) is 0 Å². The fourth-order valence-electron chi connectivity index (χ4n) is 2.61. The molecule has 0 radical (unpaired) electrons. The predicted octanol–water partition coefficient (Wildman–Crippen LogP) is 0.298. The topological polar surface area (TPSA) is 97.4 Å². The van der Waals surface area contributed by atoms with Crippen LogP contribution in [0.3, 0.4) is 0 Å². The summed E-state index contributed by atoms with van der Waals surface area (Å²) in [5.41, 5.74) is 0.843. The van der Waals surface area contributed by atoms with Gasteiger partial charge in [-0.15, -0.1) is 0 Å². The van der Waals surface area contributed by atoms with E-state index in [4.69, 9.17) is 4.42 Å². The molecule has 1 aliphatic rings. The number of carbonyl (C=O) groups excluding carboxylic acids is 1. The van der Waals surface area contributed by atoms with E-state index in [1.165, 1.54) is 16.8 Å². The van der Waals surface area contributed by atoms with Crippen molar-refractivity contribution >= 4 is 15.9 Å². The summed E-state index contributed by atoms with van der Waals surface area (Å²) < 4.78 is 32.1. The van der Waals surface area contributed by atoms with Crippen LogP contribution in [0.2, 0.25) is 0 Å². The van der Waals surface area contributed by atoms with Crippen LogP contribution in [0.25, 0.3) is 0 Å². The third-order valence-electron chi connectivity index (χ3n) is 3.80. The minimum Gasteiger partial charge on any atom is -0.459 e. The standard InChI is InChI=1S/C14H18N4O4S/c1-23(20,21)17-8-11(9-18-12(10-17)4-5-16-18)7-15-14(19)13-3-2-6-22-13/h2-6,11H,7-10H2,1H3,(H,15,19)/t11-/m0/s1. The van der Waals surface area contributed by atoms with E-state index in [2.05, 4.69) is 10.4 Å². The molecule has 0 unspecified atom stereocenters. The number of hydrogen-bond acceptors (Lipinski definition) is 5. The monoisotopic (exact) mass is 338 g/mol. The van der Waals surface area contributed by atoms with Crippen molar-refractivity contribution in [2.75, 3.05) is 19.3 Å². The van der Waals surface area contributed by atoms with Crippen LogP contribution in [0, 0.1) is 5.92 Å². The van der Waals surface area contributed by atoms with Crippen molar-refractivity contribution < 1.29 is 17.6 Å². The molecule has 0 saturated carbocycles. The van der Waals surface area contributed by atoms with Crippen LogP contribution >= 0.6 is 0 Å². The molecule has 1 N–H and O–H groups in total. The molecule has 2 aromatic rings. The van der Waals surface area contributed by atoms with Gasteiger partial charge in [0, 0.05) is 31.7 Å². The van der Waals surface area contributed by atoms with E-state index in [1.807, 2.05) is 6.07 Å². The summed E-state index contributed by atoms with van der Waals surface area (Å²) in [6.45, 7) is 1.51. The van der Waals surface area contributed by atoms with Crippen LogP contribution < -0.4 is 5.32 Å². The number of hydrogen-bond donors (Lipinski definition) is 1. The van der Waals surface area contributed by atoms with Gasteiger partial charge in [-0.25, -0.2) is 8.42 Å². The van der Waals surface area contributed by atoms with Gasteiger partial charge in [0.2, 0.25) is 10.0 Å². The lowest BCUT2D eigenvalue weighted by Gasteiger charge is -2.21. The molecule has 0 spiro atoms. The molecular formula is C14H18N4O4S. The van der Waals surface area contributed by atoms with Gasteiger partial charge >= 0.3 is 0 Å². The molecule has 0 aromatic carbocycles. The molecule has 3 heterocycles. The first-order valence-electron chi connectivity index (χ1n) is 7.21. The van der Waals surface area contributed by atoms with Gasteiger partial charge in [0.1, 0.15) is 0 Å². The van der Waals surface area contributed by atoms with Crippen molar-refractivity contribution in [3.05, 3.63) is 42.1 Å². The van der Waals surface area contributed by atoms with E-state index in [1.54, 1.807) is 23.0 Å². The molecule has 1 amide bonds. The van der Waals surface area contributed by atoms with Crippen LogP contribution in [-0.4, -0.2) is 47.8 Å². The number of nitrogens with one attached hydrogen (secondary N) is 1. The highest BCUT2D eigenvalue weighted by molar-refractivity contribution is 7.88. The zero-order valence-electron chi connectivity index (χ0n) is 12.7. The minimum atomic E-state index is -3.32. The molecule has 9 heteroatoms. The third-order valence-corrected chi connectivity index (χ3v) is 5.02. The Kier molecular flexibility index (Phi) is 4.22. The maximum absolute atomic E-state index is 11.9. The van der Waals surface area contributed by atoms with E-state index in [0.29, 0.717) is 26.2 Å². The number of carbonyl (C=O) groups is 1. The zero-order chi connectivity index (χ0) is 16.4. The van der Waals surface area contributed by atoms with E-state index in [-0.39, 0.29) is 17.6 Å². The summed E-state index contributed by atoms with van der Waals surface area (Å²) >= 11 is 0. The summed E-state index contributed by atoms with van der Waals surface area (Å²) in [7, 11) is -3.32. The second-order valence-corrected chi connectivity index (χ2v) is 7.60. The number of rotatable bonds is 4. The number of nitrogens with zero attached hydrogens (tertiary/aromatic N) is 3. The third kappa shape index (κ3) is 3.62. The summed E-state index contributed by atoms with van der Waals surface area (Å²) in [6.07, 6.45) is 4.28. The zero-order valence-corrected chi connectivity index (χ0v) is 13.5. The van der Waals surface area contributed by atoms with Crippen LogP contribution in [0.4, 0.5) is 0 Å². The summed E-state index contributed by atoms with van der Waals surface area (Å²) in [5, 5.41) is 7.01. The first-order valence-corrected chi connectivity index (χ1v) is 9.06. The van der Waals surface area contributed by atoms with Crippen molar-refractivity contribution in [2.24, 2.45) is 5.92 Å². The van der Waals surface area contributed by atoms with Gasteiger partial charge in [0.05, 0.1) is 24.8 Å². The van der Waals surface area contributed by atoms with Gasteiger partial charge in [-0.3, -0.25) is 9.48 Å². The Labute approximate surface area is 134 Å². The Balaban J connectivity index is 1.72. The molecule has 0 bridgehead atoms. The number of amides is 1. The first-order chi connectivity index (χ1) is 10.9. The second kappa shape index (κ2) is 6.17. The van der Waals surface area contributed by atoms with E-state index < -0.39 is 10.0 Å². The SMILES string of the molecule is CS(=O)(=O)N1Cc2ccnn2C[C@@H](CNC(=O)c2ccco2)C1. The lowest BCUT2D eigenvalue weighted by molar-refractivity contribution is 0.0916. The minimum absolute atomic E-state index is 0.0789. The molecule has 0 fully saturated rings. The lowest BCUT2D eigenvalue weighted by Crippen LogP contribution is -2.38. The highest BCUT2D eigenvalue weighted by atomic mass is 32.2. The molecule has 0 aliphatic carbocycles. The molecule has 3 rings (SSSR count). The maximum atomic E-state index is 11.9. The fourth-order valence-corrected chi connectivity index (χ4v) is 3.46. The Morgan fingerprint density at radius 2 is 2.26 bits per heavy atom. The highest BCUT2D eigenvalue weighted by Crippen LogP contribution is 2.17. The van der Waals surface area contributed by atoms with E-state index in [0.717, 1.165) is 5.69 Å². The van der Waals surface area contributed by atoms with Crippen LogP contribution in [0.15, 0.2) is 35.1 Å². The quantitative estimate of drug-likeness (QED) is 0.864. The van der Waals surface area contributed by atoms with Gasteiger partial charge in [-0.2, -0.15) is 9.40 Å². The molecule has 23 heavy (non-hydrogen) atoms. The van der Waals surface area contributed by atoms with Gasteiger partial charge in [-0.1, -0.05) is 0 Å². The van der Waals surface area contributed by atoms with E-state index >= 15 is 0 Å². The number of furan rings is 1. The van der Waals surface area contributed by atoms with Crippen LogP contribution in [-0.2, 0) is 23.1 Å². The molecule has 8 nitrogen and oxygen atoms in total. The normalized spacial score (nSPS) is 19.1. The Morgan fingerprint density at radius 1 is 1.43 bits per heavy atom. The molecule has 0 saturated heterocycles. The predicted molar refractivity (Wildman–Crippen MR) is 82.0 cm³/mol. The average molecular weight is 338 g/mol. The Hall–Kier alpha value is -2.13. The first kappa shape index (κ1) is 15.8. The highest BCUT2D eigenvalue weighted by Gasteiger charge is 2.28. The molecule has 2 aromatic heterocycles. The van der Waals surface area contributed by atoms with Crippen molar-refractivity contribution in [1.82, 2.24) is 19.4 Å². The lowest BCUT2D eigenvalue weighted by atomic mass is 10.1. The number of fused-ring (bicyclic) bond motifs is 1. The molecular weight excluding hydrogens is 320 g/mol. The smallest absolute Gasteiger partial charge is 0.286 e. The Morgan fingerprint density at radius 3 is 2.96 bits per heavy atom. The number of aromatic nitrogens is 2. The number of sulfonamides is 1. The van der Waals surface area contributed by atoms with Gasteiger partial charge in [-0.05, 0) is 18.2 Å². The molecule has 124 valence electrons. The van der Waals surface area contributed by atoms with Gasteiger partial charge < -0.3 is 9.73 Å².